The molecule has 38 heavy (non-hydrogen) atoms. The number of aromatic nitrogens is 1. The van der Waals surface area contributed by atoms with Crippen molar-refractivity contribution in [2.45, 2.75) is 26.3 Å². The predicted octanol–water partition coefficient (Wildman–Crippen LogP) is 4.79. The number of hydrogen-bond acceptors (Lipinski definition) is 7. The minimum Gasteiger partial charge on any atom is -0.494 e. The number of thioether (sulfide) groups is 1. The summed E-state index contributed by atoms with van der Waals surface area (Å²) in [5.41, 5.74) is 0.345. The van der Waals surface area contributed by atoms with Gasteiger partial charge in [-0.2, -0.15) is 5.26 Å². The van der Waals surface area contributed by atoms with Gasteiger partial charge in [-0.3, -0.25) is 23.9 Å². The number of rotatable bonds is 8. The molecular weight excluding hydrogens is 525 g/mol. The lowest BCUT2D eigenvalue weighted by Crippen LogP contribution is -2.30. The van der Waals surface area contributed by atoms with E-state index in [4.69, 9.17) is 12.2 Å². The van der Waals surface area contributed by atoms with E-state index in [1.165, 1.54) is 47.9 Å². The monoisotopic (exact) mass is 547 g/mol. The molecule has 2 aromatic carbocycles. The average molecular weight is 548 g/mol. The third-order valence-electron chi connectivity index (χ3n) is 6.09. The lowest BCUT2D eigenvalue weighted by atomic mass is 9.99. The van der Waals surface area contributed by atoms with Crippen molar-refractivity contribution in [3.05, 3.63) is 103 Å². The fraction of sp³-hybridized carbons (Fsp3) is 0.179. The summed E-state index contributed by atoms with van der Waals surface area (Å²) in [4.78, 5) is 40.8. The van der Waals surface area contributed by atoms with E-state index in [1.807, 2.05) is 36.4 Å². The summed E-state index contributed by atoms with van der Waals surface area (Å²) in [5.74, 6) is -1.73. The number of aromatic hydroxyl groups is 1. The number of halogens is 1. The van der Waals surface area contributed by atoms with Gasteiger partial charge in [0.05, 0.1) is 17.0 Å². The average Bonchev–Trinajstić information content (AvgIpc) is 3.16. The number of thiocarbonyl (C=S) groups is 1. The first-order valence-corrected chi connectivity index (χ1v) is 12.9. The molecule has 10 heteroatoms. The van der Waals surface area contributed by atoms with Crippen molar-refractivity contribution in [1.29, 1.82) is 5.26 Å². The van der Waals surface area contributed by atoms with Gasteiger partial charge in [-0.25, -0.2) is 4.39 Å². The highest BCUT2D eigenvalue weighted by Crippen LogP contribution is 2.33. The van der Waals surface area contributed by atoms with E-state index in [9.17, 15) is 29.1 Å². The van der Waals surface area contributed by atoms with Gasteiger partial charge >= 0.3 is 0 Å². The van der Waals surface area contributed by atoms with Crippen molar-refractivity contribution < 1.29 is 19.1 Å². The molecule has 4 rings (SSSR count). The van der Waals surface area contributed by atoms with Crippen LogP contribution in [0.15, 0.2) is 64.3 Å². The van der Waals surface area contributed by atoms with Crippen LogP contribution < -0.4 is 5.56 Å². The molecule has 1 aliphatic heterocycles. The highest BCUT2D eigenvalue weighted by atomic mass is 32.2. The molecule has 192 valence electrons. The minimum atomic E-state index is -0.744. The van der Waals surface area contributed by atoms with Crippen molar-refractivity contribution >= 4 is 46.1 Å². The fourth-order valence-electron chi connectivity index (χ4n) is 4.12. The van der Waals surface area contributed by atoms with E-state index in [2.05, 4.69) is 0 Å². The lowest BCUT2D eigenvalue weighted by Gasteiger charge is -2.17. The Kier molecular flexibility index (Phi) is 8.20. The second-order valence-corrected chi connectivity index (χ2v) is 10.3. The highest BCUT2D eigenvalue weighted by molar-refractivity contribution is 8.26. The molecule has 3 aromatic rings. The second-order valence-electron chi connectivity index (χ2n) is 8.60. The van der Waals surface area contributed by atoms with Crippen LogP contribution in [-0.4, -0.2) is 37.1 Å². The van der Waals surface area contributed by atoms with Gasteiger partial charge < -0.3 is 5.11 Å². The van der Waals surface area contributed by atoms with Crippen molar-refractivity contribution in [1.82, 2.24) is 9.47 Å². The number of benzene rings is 2. The van der Waals surface area contributed by atoms with Crippen molar-refractivity contribution in [3.63, 3.8) is 0 Å². The number of carbonyl (C=O) groups excluding carboxylic acids is 2. The molecule has 1 aromatic heterocycles. The topological polar surface area (TPSA) is 103 Å². The van der Waals surface area contributed by atoms with Gasteiger partial charge in [0.2, 0.25) is 5.88 Å². The summed E-state index contributed by atoms with van der Waals surface area (Å²) in [6, 6.07) is 16.5. The largest absolute Gasteiger partial charge is 0.494 e. The van der Waals surface area contributed by atoms with Crippen LogP contribution in [0.5, 0.6) is 5.88 Å². The highest BCUT2D eigenvalue weighted by Gasteiger charge is 2.32. The number of nitrogens with zero attached hydrogens (tertiary/aromatic N) is 3. The van der Waals surface area contributed by atoms with Gasteiger partial charge in [-0.05, 0) is 48.2 Å². The molecule has 0 spiro atoms. The molecule has 0 bridgehead atoms. The maximum absolute atomic E-state index is 13.3. The molecule has 1 N–H and O–H groups in total. The van der Waals surface area contributed by atoms with E-state index in [-0.39, 0.29) is 48.5 Å². The zero-order chi connectivity index (χ0) is 27.4. The smallest absolute Gasteiger partial charge is 0.271 e. The van der Waals surface area contributed by atoms with Gasteiger partial charge in [0.1, 0.15) is 21.8 Å². The Balaban J connectivity index is 1.51. The number of ketones is 1. The van der Waals surface area contributed by atoms with Crippen LogP contribution >= 0.6 is 24.0 Å². The van der Waals surface area contributed by atoms with E-state index in [0.29, 0.717) is 14.8 Å². The molecule has 1 fully saturated rings. The summed E-state index contributed by atoms with van der Waals surface area (Å²) in [6.07, 6.45) is 1.96. The van der Waals surface area contributed by atoms with Gasteiger partial charge in [-0.1, -0.05) is 66.4 Å². The Morgan fingerprint density at radius 1 is 1.16 bits per heavy atom. The number of hydrogen-bond donors (Lipinski definition) is 1. The summed E-state index contributed by atoms with van der Waals surface area (Å²) in [7, 11) is 0. The molecule has 1 amide bonds. The SMILES string of the molecule is Cc1c(C(=O)CCCN2C(=O)/C(=C/c3ccccc3)SC2=S)c(O)n(Cc2ccc(F)cc2)c(=O)c1C#N. The van der Waals surface area contributed by atoms with Gasteiger partial charge in [0.25, 0.3) is 11.5 Å². The lowest BCUT2D eigenvalue weighted by molar-refractivity contribution is -0.122. The number of carbonyl (C=O) groups is 2. The zero-order valence-corrected chi connectivity index (χ0v) is 21.9. The van der Waals surface area contributed by atoms with Gasteiger partial charge in [0, 0.05) is 13.0 Å². The Morgan fingerprint density at radius 3 is 2.50 bits per heavy atom. The van der Waals surface area contributed by atoms with Crippen LogP contribution in [0.3, 0.4) is 0 Å². The molecule has 0 radical (unpaired) electrons. The predicted molar refractivity (Wildman–Crippen MR) is 147 cm³/mol. The third kappa shape index (κ3) is 5.59. The zero-order valence-electron chi connectivity index (χ0n) is 20.3. The van der Waals surface area contributed by atoms with Crippen LogP contribution in [0.1, 0.15) is 45.5 Å². The van der Waals surface area contributed by atoms with E-state index in [0.717, 1.165) is 10.1 Å². The van der Waals surface area contributed by atoms with Crippen molar-refractivity contribution in [2.75, 3.05) is 6.54 Å². The van der Waals surface area contributed by atoms with Crippen LogP contribution in [0, 0.1) is 24.1 Å². The van der Waals surface area contributed by atoms with Crippen LogP contribution in [-0.2, 0) is 11.3 Å². The van der Waals surface area contributed by atoms with E-state index in [1.54, 1.807) is 6.08 Å². The van der Waals surface area contributed by atoms with Crippen LogP contribution in [0.2, 0.25) is 0 Å². The van der Waals surface area contributed by atoms with Crippen LogP contribution in [0.4, 0.5) is 4.39 Å². The summed E-state index contributed by atoms with van der Waals surface area (Å²) < 4.78 is 14.6. The molecule has 0 unspecified atom stereocenters. The van der Waals surface area contributed by atoms with Crippen molar-refractivity contribution in [2.24, 2.45) is 0 Å². The standard InChI is InChI=1S/C28H22FN3O4S2/c1-17-21(15-30)25(34)32(16-19-9-11-20(29)12-10-19)27(36)24(17)22(33)8-5-13-31-26(35)23(38-28(31)37)14-18-6-3-2-4-7-18/h2-4,6-7,9-12,14,36H,5,8,13,16H2,1H3/b23-14-. The Labute approximate surface area is 227 Å². The fourth-order valence-corrected chi connectivity index (χ4v) is 5.43. The second kappa shape index (κ2) is 11.5. The Hall–Kier alpha value is -4.07. The van der Waals surface area contributed by atoms with Crippen LogP contribution in [0.25, 0.3) is 6.08 Å². The molecule has 0 aliphatic carbocycles. The molecular formula is C28H22FN3O4S2. The minimum absolute atomic E-state index is 0.0528. The number of pyridine rings is 1. The summed E-state index contributed by atoms with van der Waals surface area (Å²) in [6.45, 7) is 1.48. The van der Waals surface area contributed by atoms with Gasteiger partial charge in [0.15, 0.2) is 5.78 Å². The quantitative estimate of drug-likeness (QED) is 0.246. The van der Waals surface area contributed by atoms with Gasteiger partial charge in [-0.15, -0.1) is 0 Å². The third-order valence-corrected chi connectivity index (χ3v) is 7.47. The first-order valence-electron chi connectivity index (χ1n) is 11.7. The first-order chi connectivity index (χ1) is 18.2. The van der Waals surface area contributed by atoms with E-state index >= 15 is 0 Å². The Bertz CT molecular complexity index is 1560. The summed E-state index contributed by atoms with van der Waals surface area (Å²) >= 11 is 6.56. The van der Waals surface area contributed by atoms with Crippen molar-refractivity contribution in [3.8, 4) is 11.9 Å². The molecule has 0 saturated carbocycles. The normalized spacial score (nSPS) is 14.2. The van der Waals surface area contributed by atoms with E-state index < -0.39 is 23.0 Å². The summed E-state index contributed by atoms with van der Waals surface area (Å²) in [5, 5.41) is 20.4. The molecule has 0 atom stereocenters. The number of nitriles is 1. The Morgan fingerprint density at radius 2 is 1.84 bits per heavy atom. The molecule has 1 saturated heterocycles. The maximum Gasteiger partial charge on any atom is 0.271 e. The first kappa shape index (κ1) is 27.0. The number of amides is 1. The number of Topliss-reactive ketones (excluding diaryl/α,β-unsaturated/α-hetero) is 1. The maximum atomic E-state index is 13.3. The molecule has 7 nitrogen and oxygen atoms in total. The molecule has 2 heterocycles. The molecule has 1 aliphatic rings.